The summed E-state index contributed by atoms with van der Waals surface area (Å²) in [4.78, 5) is 11.7. The maximum Gasteiger partial charge on any atom is 0.225 e. The van der Waals surface area contributed by atoms with Crippen LogP contribution in [0.25, 0.3) is 0 Å². The summed E-state index contributed by atoms with van der Waals surface area (Å²) in [6, 6.07) is 17.6. The molecular formula is C18H21NO2S. The van der Waals surface area contributed by atoms with Gasteiger partial charge < -0.3 is 10.1 Å². The number of thioether (sulfide) groups is 1. The zero-order chi connectivity index (χ0) is 15.6. The summed E-state index contributed by atoms with van der Waals surface area (Å²) in [5.41, 5.74) is 2.04. The van der Waals surface area contributed by atoms with E-state index in [1.165, 1.54) is 5.56 Å². The van der Waals surface area contributed by atoms with Gasteiger partial charge in [0.1, 0.15) is 5.75 Å². The average Bonchev–Trinajstić information content (AvgIpc) is 2.52. The first-order valence-corrected chi connectivity index (χ1v) is 8.51. The minimum absolute atomic E-state index is 0.0540. The Kier molecular flexibility index (Phi) is 6.84. The van der Waals surface area contributed by atoms with Gasteiger partial charge in [0.15, 0.2) is 0 Å². The molecule has 1 amide bonds. The Morgan fingerprint density at radius 1 is 1.09 bits per heavy atom. The number of anilines is 1. The van der Waals surface area contributed by atoms with Gasteiger partial charge in [0.25, 0.3) is 0 Å². The normalized spacial score (nSPS) is 10.2. The average molecular weight is 315 g/mol. The van der Waals surface area contributed by atoms with Gasteiger partial charge in [0.05, 0.1) is 6.61 Å². The molecule has 0 spiro atoms. The summed E-state index contributed by atoms with van der Waals surface area (Å²) in [5.74, 6) is 2.64. The molecule has 4 heteroatoms. The van der Waals surface area contributed by atoms with Crippen molar-refractivity contribution >= 4 is 23.4 Å². The molecule has 0 aliphatic heterocycles. The highest BCUT2D eigenvalue weighted by molar-refractivity contribution is 7.99. The van der Waals surface area contributed by atoms with E-state index in [1.54, 1.807) is 11.8 Å². The van der Waals surface area contributed by atoms with Crippen molar-refractivity contribution in [2.45, 2.75) is 13.3 Å². The Labute approximate surface area is 136 Å². The second kappa shape index (κ2) is 9.15. The molecule has 116 valence electrons. The number of para-hydroxylation sites is 1. The highest BCUT2D eigenvalue weighted by Gasteiger charge is 2.02. The number of carbonyl (C=O) groups is 1. The molecule has 2 rings (SSSR count). The molecule has 0 unspecified atom stereocenters. The van der Waals surface area contributed by atoms with Crippen LogP contribution in [0.5, 0.6) is 5.75 Å². The summed E-state index contributed by atoms with van der Waals surface area (Å²) in [7, 11) is 0. The lowest BCUT2D eigenvalue weighted by atomic mass is 10.2. The van der Waals surface area contributed by atoms with Crippen molar-refractivity contribution < 1.29 is 9.53 Å². The lowest BCUT2D eigenvalue weighted by molar-refractivity contribution is -0.115. The van der Waals surface area contributed by atoms with E-state index in [9.17, 15) is 4.79 Å². The second-order valence-electron chi connectivity index (χ2n) is 4.94. The van der Waals surface area contributed by atoms with Crippen LogP contribution in [-0.4, -0.2) is 24.0 Å². The minimum Gasteiger partial charge on any atom is -0.493 e. The van der Waals surface area contributed by atoms with Crippen molar-refractivity contribution in [3.8, 4) is 5.75 Å². The third kappa shape index (κ3) is 6.22. The highest BCUT2D eigenvalue weighted by Crippen LogP contribution is 2.13. The summed E-state index contributed by atoms with van der Waals surface area (Å²) in [6.45, 7) is 2.71. The molecule has 0 aromatic heterocycles. The molecule has 0 aliphatic carbocycles. The van der Waals surface area contributed by atoms with E-state index in [4.69, 9.17) is 4.74 Å². The van der Waals surface area contributed by atoms with Crippen molar-refractivity contribution in [3.63, 3.8) is 0 Å². The maximum atomic E-state index is 11.7. The first-order valence-electron chi connectivity index (χ1n) is 7.36. The Hall–Kier alpha value is -1.94. The van der Waals surface area contributed by atoms with Crippen molar-refractivity contribution in [2.24, 2.45) is 0 Å². The van der Waals surface area contributed by atoms with Crippen LogP contribution in [0.2, 0.25) is 0 Å². The molecule has 3 nitrogen and oxygen atoms in total. The van der Waals surface area contributed by atoms with Crippen LogP contribution < -0.4 is 10.1 Å². The number of nitrogens with one attached hydrogen (secondary N) is 1. The van der Waals surface area contributed by atoms with Crippen molar-refractivity contribution in [3.05, 3.63) is 60.2 Å². The van der Waals surface area contributed by atoms with Crippen LogP contribution in [0.4, 0.5) is 5.69 Å². The molecule has 0 radical (unpaired) electrons. The summed E-state index contributed by atoms with van der Waals surface area (Å²) < 4.78 is 5.67. The standard InChI is InChI=1S/C18H21NO2S/c1-15-6-5-9-17(14-15)21-11-13-22-12-10-18(20)19-16-7-3-2-4-8-16/h2-9,14H,10-13H2,1H3,(H,19,20). The van der Waals surface area contributed by atoms with E-state index in [-0.39, 0.29) is 5.91 Å². The van der Waals surface area contributed by atoms with Crippen LogP contribution in [0.3, 0.4) is 0 Å². The predicted octanol–water partition coefficient (Wildman–Crippen LogP) is 4.14. The van der Waals surface area contributed by atoms with Crippen LogP contribution in [-0.2, 0) is 4.79 Å². The van der Waals surface area contributed by atoms with Crippen molar-refractivity contribution in [2.75, 3.05) is 23.4 Å². The van der Waals surface area contributed by atoms with E-state index < -0.39 is 0 Å². The topological polar surface area (TPSA) is 38.3 Å². The Balaban J connectivity index is 1.55. The zero-order valence-corrected chi connectivity index (χ0v) is 13.6. The predicted molar refractivity (Wildman–Crippen MR) is 93.7 cm³/mol. The Morgan fingerprint density at radius 3 is 2.68 bits per heavy atom. The van der Waals surface area contributed by atoms with E-state index in [1.807, 2.05) is 61.5 Å². The van der Waals surface area contributed by atoms with E-state index in [2.05, 4.69) is 5.32 Å². The molecule has 0 saturated heterocycles. The van der Waals surface area contributed by atoms with Gasteiger partial charge in [-0.3, -0.25) is 4.79 Å². The van der Waals surface area contributed by atoms with Gasteiger partial charge >= 0.3 is 0 Å². The Morgan fingerprint density at radius 2 is 1.91 bits per heavy atom. The molecule has 0 saturated carbocycles. The monoisotopic (exact) mass is 315 g/mol. The molecule has 2 aromatic rings. The van der Waals surface area contributed by atoms with Gasteiger partial charge in [-0.1, -0.05) is 30.3 Å². The summed E-state index contributed by atoms with van der Waals surface area (Å²) in [6.07, 6.45) is 0.518. The van der Waals surface area contributed by atoms with Gasteiger partial charge in [0.2, 0.25) is 5.91 Å². The highest BCUT2D eigenvalue weighted by atomic mass is 32.2. The fourth-order valence-corrected chi connectivity index (χ4v) is 2.67. The first-order chi connectivity index (χ1) is 10.7. The van der Waals surface area contributed by atoms with E-state index in [0.29, 0.717) is 13.0 Å². The van der Waals surface area contributed by atoms with Gasteiger partial charge in [0, 0.05) is 23.6 Å². The summed E-state index contributed by atoms with van der Waals surface area (Å²) in [5, 5.41) is 2.88. The SMILES string of the molecule is Cc1cccc(OCCSCCC(=O)Nc2ccccc2)c1. The van der Waals surface area contributed by atoms with Gasteiger partial charge in [-0.15, -0.1) is 0 Å². The quantitative estimate of drug-likeness (QED) is 0.744. The first kappa shape index (κ1) is 16.4. The Bertz CT molecular complexity index is 587. The fourth-order valence-electron chi connectivity index (χ4n) is 1.94. The van der Waals surface area contributed by atoms with Gasteiger partial charge in [-0.2, -0.15) is 11.8 Å². The molecule has 22 heavy (non-hydrogen) atoms. The smallest absolute Gasteiger partial charge is 0.225 e. The number of amides is 1. The molecule has 0 heterocycles. The number of rotatable bonds is 8. The van der Waals surface area contributed by atoms with Crippen LogP contribution >= 0.6 is 11.8 Å². The van der Waals surface area contributed by atoms with E-state index >= 15 is 0 Å². The number of benzene rings is 2. The lowest BCUT2D eigenvalue weighted by Crippen LogP contribution is -2.12. The largest absolute Gasteiger partial charge is 0.493 e. The van der Waals surface area contributed by atoms with Crippen LogP contribution in [0, 0.1) is 6.92 Å². The molecule has 0 atom stereocenters. The number of hydrogen-bond donors (Lipinski definition) is 1. The maximum absolute atomic E-state index is 11.7. The van der Waals surface area contributed by atoms with Crippen LogP contribution in [0.1, 0.15) is 12.0 Å². The molecule has 1 N–H and O–H groups in total. The van der Waals surface area contributed by atoms with Gasteiger partial charge in [-0.25, -0.2) is 0 Å². The number of hydrogen-bond acceptors (Lipinski definition) is 3. The molecular weight excluding hydrogens is 294 g/mol. The fraction of sp³-hybridized carbons (Fsp3) is 0.278. The van der Waals surface area contributed by atoms with E-state index in [0.717, 1.165) is 22.9 Å². The minimum atomic E-state index is 0.0540. The molecule has 0 aliphatic rings. The summed E-state index contributed by atoms with van der Waals surface area (Å²) >= 11 is 1.73. The number of aryl methyl sites for hydroxylation is 1. The third-order valence-electron chi connectivity index (χ3n) is 3.02. The lowest BCUT2D eigenvalue weighted by Gasteiger charge is -2.07. The molecule has 2 aromatic carbocycles. The van der Waals surface area contributed by atoms with Gasteiger partial charge in [-0.05, 0) is 36.8 Å². The zero-order valence-electron chi connectivity index (χ0n) is 12.7. The number of carbonyl (C=O) groups excluding carboxylic acids is 1. The molecule has 0 fully saturated rings. The van der Waals surface area contributed by atoms with Crippen molar-refractivity contribution in [1.82, 2.24) is 0 Å². The molecule has 0 bridgehead atoms. The second-order valence-corrected chi connectivity index (χ2v) is 6.17. The van der Waals surface area contributed by atoms with Crippen molar-refractivity contribution in [1.29, 1.82) is 0 Å². The van der Waals surface area contributed by atoms with Crippen LogP contribution in [0.15, 0.2) is 54.6 Å². The third-order valence-corrected chi connectivity index (χ3v) is 3.97. The number of ether oxygens (including phenoxy) is 1.